The van der Waals surface area contributed by atoms with Gasteiger partial charge in [0.15, 0.2) is 0 Å². The summed E-state index contributed by atoms with van der Waals surface area (Å²) in [5.74, 6) is 1.87. The van der Waals surface area contributed by atoms with Crippen molar-refractivity contribution in [3.8, 4) is 0 Å². The molecule has 2 N–H and O–H groups in total. The van der Waals surface area contributed by atoms with Crippen LogP contribution in [0.3, 0.4) is 0 Å². The molecule has 0 unspecified atom stereocenters. The van der Waals surface area contributed by atoms with Gasteiger partial charge in [0.25, 0.3) is 0 Å². The Morgan fingerprint density at radius 3 is 3.08 bits per heavy atom. The monoisotopic (exact) mass is 182 g/mol. The minimum absolute atomic E-state index is 0.679. The largest absolute Gasteiger partial charge is 0.383 e. The van der Waals surface area contributed by atoms with Crippen molar-refractivity contribution >= 4 is 17.6 Å². The number of aromatic nitrogens is 1. The number of rotatable bonds is 4. The van der Waals surface area contributed by atoms with Crippen molar-refractivity contribution in [1.82, 2.24) is 4.98 Å². The molecule has 2 nitrogen and oxygen atoms in total. The van der Waals surface area contributed by atoms with Crippen molar-refractivity contribution in [2.45, 2.75) is 12.8 Å². The van der Waals surface area contributed by atoms with Gasteiger partial charge in [0.1, 0.15) is 5.82 Å². The van der Waals surface area contributed by atoms with Crippen LogP contribution in [0.15, 0.2) is 18.3 Å². The smallest absolute Gasteiger partial charge is 0.126 e. The summed E-state index contributed by atoms with van der Waals surface area (Å²) in [4.78, 5) is 4.03. The Morgan fingerprint density at radius 1 is 1.58 bits per heavy atom. The quantitative estimate of drug-likeness (QED) is 0.723. The number of nitrogens with zero attached hydrogens (tertiary/aromatic N) is 1. The summed E-state index contributed by atoms with van der Waals surface area (Å²) in [6, 6.07) is 3.98. The molecule has 0 bridgehead atoms. The Hall–Kier alpha value is -0.700. The minimum atomic E-state index is 0.679. The van der Waals surface area contributed by atoms with Gasteiger partial charge in [-0.3, -0.25) is 0 Å². The number of anilines is 1. The lowest BCUT2D eigenvalue weighted by Crippen LogP contribution is -1.97. The van der Waals surface area contributed by atoms with Crippen molar-refractivity contribution in [2.24, 2.45) is 0 Å². The van der Waals surface area contributed by atoms with Crippen LogP contribution >= 0.6 is 11.8 Å². The van der Waals surface area contributed by atoms with Crippen molar-refractivity contribution in [1.29, 1.82) is 0 Å². The third kappa shape index (κ3) is 2.74. The molecule has 3 heteroatoms. The van der Waals surface area contributed by atoms with Crippen LogP contribution in [-0.2, 0) is 6.42 Å². The van der Waals surface area contributed by atoms with Crippen LogP contribution in [0.2, 0.25) is 0 Å². The van der Waals surface area contributed by atoms with Crippen molar-refractivity contribution in [2.75, 3.05) is 17.7 Å². The highest BCUT2D eigenvalue weighted by atomic mass is 32.2. The first-order chi connectivity index (χ1) is 5.84. The number of aryl methyl sites for hydroxylation is 1. The number of nitrogens with two attached hydrogens (primary N) is 1. The Kier molecular flexibility index (Phi) is 3.94. The fourth-order valence-electron chi connectivity index (χ4n) is 1.07. The second-order valence-corrected chi connectivity index (χ2v) is 3.63. The fraction of sp³-hybridized carbons (Fsp3) is 0.444. The predicted molar refractivity (Wildman–Crippen MR) is 55.4 cm³/mol. The Morgan fingerprint density at radius 2 is 2.42 bits per heavy atom. The van der Waals surface area contributed by atoms with Gasteiger partial charge >= 0.3 is 0 Å². The maximum atomic E-state index is 5.68. The van der Waals surface area contributed by atoms with Gasteiger partial charge in [0.05, 0.1) is 0 Å². The third-order valence-electron chi connectivity index (χ3n) is 1.72. The van der Waals surface area contributed by atoms with Crippen LogP contribution in [-0.4, -0.2) is 17.0 Å². The van der Waals surface area contributed by atoms with Gasteiger partial charge in [0, 0.05) is 6.20 Å². The van der Waals surface area contributed by atoms with E-state index in [0.717, 1.165) is 6.42 Å². The number of hydrogen-bond acceptors (Lipinski definition) is 3. The highest BCUT2D eigenvalue weighted by Crippen LogP contribution is 2.10. The van der Waals surface area contributed by atoms with Gasteiger partial charge in [-0.1, -0.05) is 6.07 Å². The molecule has 12 heavy (non-hydrogen) atoms. The van der Waals surface area contributed by atoms with Crippen molar-refractivity contribution < 1.29 is 0 Å². The molecule has 0 spiro atoms. The van der Waals surface area contributed by atoms with Crippen molar-refractivity contribution in [3.63, 3.8) is 0 Å². The molecule has 0 fully saturated rings. The molecule has 0 atom stereocenters. The predicted octanol–water partition coefficient (Wildman–Crippen LogP) is 1.96. The summed E-state index contributed by atoms with van der Waals surface area (Å²) in [5.41, 5.74) is 6.86. The average molecular weight is 182 g/mol. The molecular weight excluding hydrogens is 168 g/mol. The lowest BCUT2D eigenvalue weighted by Gasteiger charge is -2.02. The molecular formula is C9H14N2S. The Labute approximate surface area is 77.6 Å². The SMILES string of the molecule is CSCCCc1cccnc1N. The summed E-state index contributed by atoms with van der Waals surface area (Å²) in [6.07, 6.45) is 6.07. The molecule has 66 valence electrons. The van der Waals surface area contributed by atoms with E-state index in [-0.39, 0.29) is 0 Å². The summed E-state index contributed by atoms with van der Waals surface area (Å²) < 4.78 is 0. The normalized spacial score (nSPS) is 10.1. The zero-order valence-electron chi connectivity index (χ0n) is 7.29. The fourth-order valence-corrected chi connectivity index (χ4v) is 1.50. The Balaban J connectivity index is 2.46. The number of nitrogen functional groups attached to an aromatic ring is 1. The van der Waals surface area contributed by atoms with Gasteiger partial charge in [-0.2, -0.15) is 11.8 Å². The van der Waals surface area contributed by atoms with Crippen LogP contribution in [0.1, 0.15) is 12.0 Å². The summed E-state index contributed by atoms with van der Waals surface area (Å²) in [5, 5.41) is 0. The van der Waals surface area contributed by atoms with Crippen LogP contribution < -0.4 is 5.73 Å². The molecule has 1 heterocycles. The van der Waals surface area contributed by atoms with E-state index in [1.54, 1.807) is 6.20 Å². The van der Waals surface area contributed by atoms with E-state index in [9.17, 15) is 0 Å². The van der Waals surface area contributed by atoms with Crippen LogP contribution in [0.5, 0.6) is 0 Å². The van der Waals surface area contributed by atoms with E-state index >= 15 is 0 Å². The maximum absolute atomic E-state index is 5.68. The second-order valence-electron chi connectivity index (χ2n) is 2.64. The zero-order valence-corrected chi connectivity index (χ0v) is 8.10. The topological polar surface area (TPSA) is 38.9 Å². The Bertz CT molecular complexity index is 238. The molecule has 0 aliphatic rings. The van der Waals surface area contributed by atoms with Crippen LogP contribution in [0.25, 0.3) is 0 Å². The van der Waals surface area contributed by atoms with E-state index in [2.05, 4.69) is 11.2 Å². The highest BCUT2D eigenvalue weighted by Gasteiger charge is 1.97. The van der Waals surface area contributed by atoms with E-state index in [0.29, 0.717) is 5.82 Å². The third-order valence-corrected chi connectivity index (χ3v) is 2.42. The molecule has 1 aromatic heterocycles. The minimum Gasteiger partial charge on any atom is -0.383 e. The van der Waals surface area contributed by atoms with E-state index in [4.69, 9.17) is 5.73 Å². The molecule has 0 aliphatic carbocycles. The van der Waals surface area contributed by atoms with E-state index < -0.39 is 0 Å². The molecule has 0 aliphatic heterocycles. The average Bonchev–Trinajstić information content (AvgIpc) is 2.09. The summed E-state index contributed by atoms with van der Waals surface area (Å²) in [7, 11) is 0. The zero-order chi connectivity index (χ0) is 8.81. The van der Waals surface area contributed by atoms with Crippen LogP contribution in [0.4, 0.5) is 5.82 Å². The molecule has 0 saturated carbocycles. The molecule has 0 saturated heterocycles. The van der Waals surface area contributed by atoms with Crippen molar-refractivity contribution in [3.05, 3.63) is 23.9 Å². The number of thioether (sulfide) groups is 1. The molecule has 0 radical (unpaired) electrons. The standard InChI is InChI=1S/C9H14N2S/c1-12-7-3-5-8-4-2-6-11-9(8)10/h2,4,6H,3,5,7H2,1H3,(H2,10,11). The van der Waals surface area contributed by atoms with E-state index in [1.807, 2.05) is 23.9 Å². The molecule has 1 aromatic rings. The lowest BCUT2D eigenvalue weighted by atomic mass is 10.1. The van der Waals surface area contributed by atoms with Crippen LogP contribution in [0, 0.1) is 0 Å². The first kappa shape index (κ1) is 9.39. The first-order valence-corrected chi connectivity index (χ1v) is 5.42. The van der Waals surface area contributed by atoms with Gasteiger partial charge in [-0.15, -0.1) is 0 Å². The van der Waals surface area contributed by atoms with Gasteiger partial charge in [-0.25, -0.2) is 4.98 Å². The second kappa shape index (κ2) is 5.04. The highest BCUT2D eigenvalue weighted by molar-refractivity contribution is 7.98. The lowest BCUT2D eigenvalue weighted by molar-refractivity contribution is 0.930. The van der Waals surface area contributed by atoms with Gasteiger partial charge in [-0.05, 0) is 36.5 Å². The number of hydrogen-bond donors (Lipinski definition) is 1. The molecule has 1 rings (SSSR count). The first-order valence-electron chi connectivity index (χ1n) is 4.03. The summed E-state index contributed by atoms with van der Waals surface area (Å²) in [6.45, 7) is 0. The maximum Gasteiger partial charge on any atom is 0.126 e. The van der Waals surface area contributed by atoms with Gasteiger partial charge < -0.3 is 5.73 Å². The summed E-state index contributed by atoms with van der Waals surface area (Å²) >= 11 is 1.87. The number of pyridine rings is 1. The molecule has 0 amide bonds. The molecule has 0 aromatic carbocycles. The van der Waals surface area contributed by atoms with E-state index in [1.165, 1.54) is 17.7 Å². The van der Waals surface area contributed by atoms with Gasteiger partial charge in [0.2, 0.25) is 0 Å².